The lowest BCUT2D eigenvalue weighted by Crippen LogP contribution is -1.85. The van der Waals surface area contributed by atoms with Gasteiger partial charge in [0, 0.05) is 5.56 Å². The molecule has 1 heterocycles. The predicted molar refractivity (Wildman–Crippen MR) is 47.7 cm³/mol. The molecule has 0 saturated carbocycles. The molecule has 4 heteroatoms. The Bertz CT molecular complexity index is 220. The van der Waals surface area contributed by atoms with Crippen LogP contribution in [-0.4, -0.2) is 10.1 Å². The van der Waals surface area contributed by atoms with Crippen molar-refractivity contribution < 1.29 is 0 Å². The summed E-state index contributed by atoms with van der Waals surface area (Å²) in [6.45, 7) is 4.14. The molecule has 0 aliphatic carbocycles. The van der Waals surface area contributed by atoms with Crippen LogP contribution in [0.15, 0.2) is 4.21 Å². The van der Waals surface area contributed by atoms with E-state index in [1.54, 1.807) is 11.8 Å². The molecule has 1 aromatic rings. The molecule has 0 bridgehead atoms. The quantitative estimate of drug-likeness (QED) is 0.698. The Kier molecular flexibility index (Phi) is 2.56. The highest BCUT2D eigenvalue weighted by Gasteiger charge is 2.04. The lowest BCUT2D eigenvalue weighted by Gasteiger charge is -1.92. The SMILES string of the molecule is CCSc1snc(N)c1C. The number of nitrogen functional groups attached to an aromatic ring is 1. The maximum Gasteiger partial charge on any atom is 0.141 e. The average molecular weight is 174 g/mol. The maximum atomic E-state index is 5.56. The molecule has 0 amide bonds. The molecule has 10 heavy (non-hydrogen) atoms. The highest BCUT2D eigenvalue weighted by atomic mass is 32.2. The van der Waals surface area contributed by atoms with Crippen molar-refractivity contribution in [1.29, 1.82) is 0 Å². The molecular formula is C6H10N2S2. The number of anilines is 1. The summed E-state index contributed by atoms with van der Waals surface area (Å²) in [5.41, 5.74) is 6.69. The highest BCUT2D eigenvalue weighted by Crippen LogP contribution is 2.29. The van der Waals surface area contributed by atoms with Gasteiger partial charge in [-0.1, -0.05) is 6.92 Å². The van der Waals surface area contributed by atoms with E-state index in [-0.39, 0.29) is 0 Å². The van der Waals surface area contributed by atoms with Gasteiger partial charge in [-0.25, -0.2) is 0 Å². The Morgan fingerprint density at radius 1 is 1.70 bits per heavy atom. The van der Waals surface area contributed by atoms with Crippen molar-refractivity contribution in [3.05, 3.63) is 5.56 Å². The first kappa shape index (κ1) is 7.88. The van der Waals surface area contributed by atoms with Crippen LogP contribution in [0.4, 0.5) is 5.82 Å². The van der Waals surface area contributed by atoms with Gasteiger partial charge in [-0.15, -0.1) is 11.8 Å². The topological polar surface area (TPSA) is 38.9 Å². The van der Waals surface area contributed by atoms with Crippen molar-refractivity contribution in [3.63, 3.8) is 0 Å². The molecule has 0 radical (unpaired) electrons. The number of hydrogen-bond donors (Lipinski definition) is 1. The van der Waals surface area contributed by atoms with Crippen LogP contribution >= 0.6 is 23.3 Å². The fourth-order valence-corrected chi connectivity index (χ4v) is 2.42. The second-order valence-electron chi connectivity index (χ2n) is 1.91. The molecule has 1 rings (SSSR count). The molecule has 0 fully saturated rings. The summed E-state index contributed by atoms with van der Waals surface area (Å²) in [4.78, 5) is 0. The number of thioether (sulfide) groups is 1. The Hall–Kier alpha value is -0.220. The third-order valence-corrected chi connectivity index (χ3v) is 3.39. The molecule has 0 unspecified atom stereocenters. The van der Waals surface area contributed by atoms with Gasteiger partial charge < -0.3 is 5.73 Å². The van der Waals surface area contributed by atoms with Crippen LogP contribution < -0.4 is 5.73 Å². The minimum Gasteiger partial charge on any atom is -0.383 e. The minimum atomic E-state index is 0.681. The summed E-state index contributed by atoms with van der Waals surface area (Å²) in [5.74, 6) is 1.77. The van der Waals surface area contributed by atoms with Gasteiger partial charge in [0.2, 0.25) is 0 Å². The van der Waals surface area contributed by atoms with E-state index >= 15 is 0 Å². The summed E-state index contributed by atoms with van der Waals surface area (Å²) in [7, 11) is 0. The highest BCUT2D eigenvalue weighted by molar-refractivity contribution is 8.01. The second-order valence-corrected chi connectivity index (χ2v) is 4.22. The zero-order chi connectivity index (χ0) is 7.56. The van der Waals surface area contributed by atoms with Gasteiger partial charge in [0.1, 0.15) is 5.82 Å². The zero-order valence-electron chi connectivity index (χ0n) is 6.05. The third kappa shape index (κ3) is 1.44. The number of rotatable bonds is 2. The van der Waals surface area contributed by atoms with Crippen molar-refractivity contribution in [2.75, 3.05) is 11.5 Å². The standard InChI is InChI=1S/C6H10N2S2/c1-3-9-6-4(2)5(7)8-10-6/h3H2,1-2H3,(H2,7,8). The van der Waals surface area contributed by atoms with Gasteiger partial charge in [-0.3, -0.25) is 0 Å². The number of aromatic nitrogens is 1. The van der Waals surface area contributed by atoms with E-state index in [1.165, 1.54) is 15.7 Å². The van der Waals surface area contributed by atoms with Crippen LogP contribution in [0, 0.1) is 6.92 Å². The van der Waals surface area contributed by atoms with E-state index in [4.69, 9.17) is 5.73 Å². The summed E-state index contributed by atoms with van der Waals surface area (Å²) in [5, 5.41) is 0. The lowest BCUT2D eigenvalue weighted by atomic mass is 10.4. The van der Waals surface area contributed by atoms with E-state index < -0.39 is 0 Å². The fraction of sp³-hybridized carbons (Fsp3) is 0.500. The van der Waals surface area contributed by atoms with Gasteiger partial charge in [-0.2, -0.15) is 4.37 Å². The Morgan fingerprint density at radius 2 is 2.40 bits per heavy atom. The smallest absolute Gasteiger partial charge is 0.141 e. The Morgan fingerprint density at radius 3 is 2.80 bits per heavy atom. The Balaban J connectivity index is 2.83. The van der Waals surface area contributed by atoms with Gasteiger partial charge in [0.15, 0.2) is 0 Å². The monoisotopic (exact) mass is 174 g/mol. The van der Waals surface area contributed by atoms with Crippen LogP contribution in [-0.2, 0) is 0 Å². The molecule has 0 saturated heterocycles. The molecule has 0 aliphatic rings. The van der Waals surface area contributed by atoms with Gasteiger partial charge in [0.25, 0.3) is 0 Å². The van der Waals surface area contributed by atoms with E-state index in [2.05, 4.69) is 11.3 Å². The molecule has 2 N–H and O–H groups in total. The van der Waals surface area contributed by atoms with E-state index in [0.717, 1.165) is 11.3 Å². The summed E-state index contributed by atoms with van der Waals surface area (Å²) < 4.78 is 5.28. The first-order valence-electron chi connectivity index (χ1n) is 3.10. The van der Waals surface area contributed by atoms with Crippen LogP contribution in [0.3, 0.4) is 0 Å². The largest absolute Gasteiger partial charge is 0.383 e. The molecule has 2 nitrogen and oxygen atoms in total. The average Bonchev–Trinajstić information content (AvgIpc) is 2.20. The van der Waals surface area contributed by atoms with Crippen molar-refractivity contribution >= 4 is 29.1 Å². The summed E-state index contributed by atoms with van der Waals surface area (Å²) in [6, 6.07) is 0. The molecule has 0 aromatic carbocycles. The first-order valence-corrected chi connectivity index (χ1v) is 4.86. The van der Waals surface area contributed by atoms with E-state index in [1.807, 2.05) is 6.92 Å². The van der Waals surface area contributed by atoms with Crippen LogP contribution in [0.25, 0.3) is 0 Å². The number of nitrogens with two attached hydrogens (primary N) is 1. The van der Waals surface area contributed by atoms with Crippen LogP contribution in [0.2, 0.25) is 0 Å². The molecule has 0 spiro atoms. The maximum absolute atomic E-state index is 5.56. The minimum absolute atomic E-state index is 0.681. The van der Waals surface area contributed by atoms with E-state index in [0.29, 0.717) is 5.82 Å². The summed E-state index contributed by atoms with van der Waals surface area (Å²) >= 11 is 3.29. The molecule has 0 aliphatic heterocycles. The van der Waals surface area contributed by atoms with Gasteiger partial charge in [0.05, 0.1) is 4.21 Å². The molecule has 56 valence electrons. The van der Waals surface area contributed by atoms with Crippen molar-refractivity contribution in [1.82, 2.24) is 4.37 Å². The van der Waals surface area contributed by atoms with Gasteiger partial charge >= 0.3 is 0 Å². The first-order chi connectivity index (χ1) is 4.75. The molecular weight excluding hydrogens is 164 g/mol. The van der Waals surface area contributed by atoms with Crippen LogP contribution in [0.5, 0.6) is 0 Å². The number of hydrogen-bond acceptors (Lipinski definition) is 4. The molecule has 0 atom stereocenters. The van der Waals surface area contributed by atoms with Crippen molar-refractivity contribution in [3.8, 4) is 0 Å². The second kappa shape index (κ2) is 3.25. The van der Waals surface area contributed by atoms with Crippen molar-refractivity contribution in [2.24, 2.45) is 0 Å². The number of nitrogens with zero attached hydrogens (tertiary/aromatic N) is 1. The Labute approximate surface area is 69.0 Å². The third-order valence-electron chi connectivity index (χ3n) is 1.19. The lowest BCUT2D eigenvalue weighted by molar-refractivity contribution is 1.38. The zero-order valence-corrected chi connectivity index (χ0v) is 7.68. The fourth-order valence-electron chi connectivity index (χ4n) is 0.598. The van der Waals surface area contributed by atoms with E-state index in [9.17, 15) is 0 Å². The van der Waals surface area contributed by atoms with Crippen LogP contribution in [0.1, 0.15) is 12.5 Å². The normalized spacial score (nSPS) is 10.2. The predicted octanol–water partition coefficient (Wildman–Crippen LogP) is 2.15. The molecule has 1 aromatic heterocycles. The van der Waals surface area contributed by atoms with Gasteiger partial charge in [-0.05, 0) is 24.2 Å². The summed E-state index contributed by atoms with van der Waals surface area (Å²) in [6.07, 6.45) is 0. The van der Waals surface area contributed by atoms with Crippen molar-refractivity contribution in [2.45, 2.75) is 18.1 Å².